The molecule has 0 atom stereocenters. The number of nitrogens with zero attached hydrogens (tertiary/aromatic N) is 1. The maximum atomic E-state index is 11.9. The Morgan fingerprint density at radius 2 is 1.17 bits per heavy atom. The van der Waals surface area contributed by atoms with Gasteiger partial charge in [0.05, 0.1) is 34.1 Å². The van der Waals surface area contributed by atoms with E-state index >= 15 is 0 Å². The van der Waals surface area contributed by atoms with Crippen molar-refractivity contribution in [3.8, 4) is 11.5 Å². The maximum Gasteiger partial charge on any atom is 0.262 e. The topological polar surface area (TPSA) is 90.0 Å². The van der Waals surface area contributed by atoms with Gasteiger partial charge in [0.1, 0.15) is 11.5 Å². The summed E-state index contributed by atoms with van der Waals surface area (Å²) in [6.45, 7) is 0. The van der Waals surface area contributed by atoms with Crippen molar-refractivity contribution >= 4 is 84.8 Å². The fourth-order valence-corrected chi connectivity index (χ4v) is 6.60. The van der Waals surface area contributed by atoms with E-state index < -0.39 is 19.1 Å². The lowest BCUT2D eigenvalue weighted by atomic mass is 10.3. The van der Waals surface area contributed by atoms with Crippen molar-refractivity contribution in [1.29, 1.82) is 0 Å². The van der Waals surface area contributed by atoms with E-state index in [1.807, 2.05) is 0 Å². The van der Waals surface area contributed by atoms with Gasteiger partial charge in [0, 0.05) is 33.7 Å². The van der Waals surface area contributed by atoms with Gasteiger partial charge < -0.3 is 9.47 Å². The first-order valence-electron chi connectivity index (χ1n) is 7.60. The molecule has 0 saturated heterocycles. The van der Waals surface area contributed by atoms with E-state index in [9.17, 15) is 16.8 Å². The Morgan fingerprint density at radius 1 is 0.800 bits per heavy atom. The van der Waals surface area contributed by atoms with E-state index in [1.54, 1.807) is 0 Å². The molecule has 0 aliphatic heterocycles. The number of methoxy groups -OCH3 is 2. The van der Waals surface area contributed by atoms with Crippen molar-refractivity contribution in [3.05, 3.63) is 43.3 Å². The van der Waals surface area contributed by atoms with Gasteiger partial charge in [-0.25, -0.2) is 21.1 Å². The zero-order chi connectivity index (χ0) is 23.4. The van der Waals surface area contributed by atoms with E-state index in [4.69, 9.17) is 43.4 Å². The molecular weight excluding hydrogens is 632 g/mol. The van der Waals surface area contributed by atoms with Gasteiger partial charge >= 0.3 is 0 Å². The monoisotopic (exact) mass is 645 g/mol. The third kappa shape index (κ3) is 6.86. The van der Waals surface area contributed by atoms with Gasteiger partial charge in [0.15, 0.2) is 0 Å². The van der Waals surface area contributed by atoms with Gasteiger partial charge in [-0.15, -0.1) is 0 Å². The summed E-state index contributed by atoms with van der Waals surface area (Å²) in [4.78, 5) is 0.0354. The van der Waals surface area contributed by atoms with E-state index in [0.717, 1.165) is 4.31 Å². The zero-order valence-corrected chi connectivity index (χ0v) is 23.0. The van der Waals surface area contributed by atoms with Gasteiger partial charge in [-0.05, 0) is 56.1 Å². The molecule has 0 amide bonds. The van der Waals surface area contributed by atoms with Crippen molar-refractivity contribution < 1.29 is 26.3 Å². The Kier molecular flexibility index (Phi) is 10.2. The molecule has 14 heteroatoms. The number of hydrogen-bond donors (Lipinski definition) is 0. The summed E-state index contributed by atoms with van der Waals surface area (Å²) < 4.78 is 57.6. The molecule has 2 rings (SSSR count). The zero-order valence-electron chi connectivity index (χ0n) is 15.9. The maximum absolute atomic E-state index is 11.9. The van der Waals surface area contributed by atoms with Crippen LogP contribution in [0, 0.1) is 0 Å². The quantitative estimate of drug-likeness (QED) is 0.404. The molecular formula is C16H16Br2Cl3NO6S2. The molecule has 2 aromatic rings. The van der Waals surface area contributed by atoms with Crippen LogP contribution in [-0.2, 0) is 19.1 Å². The number of hydrogen-bond acceptors (Lipinski definition) is 6. The van der Waals surface area contributed by atoms with Gasteiger partial charge in [-0.2, -0.15) is 0 Å². The largest absolute Gasteiger partial charge is 0.495 e. The summed E-state index contributed by atoms with van der Waals surface area (Å²) >= 11 is 17.9. The molecule has 0 saturated carbocycles. The first-order chi connectivity index (χ1) is 13.7. The second-order valence-electron chi connectivity index (χ2n) is 5.56. The van der Waals surface area contributed by atoms with Crippen LogP contribution in [0.1, 0.15) is 0 Å². The molecule has 0 aliphatic rings. The highest BCUT2D eigenvalue weighted by atomic mass is 79.9. The lowest BCUT2D eigenvalue weighted by Crippen LogP contribution is -2.22. The Morgan fingerprint density at radius 3 is 1.50 bits per heavy atom. The van der Waals surface area contributed by atoms with Crippen molar-refractivity contribution in [3.63, 3.8) is 0 Å². The van der Waals surface area contributed by atoms with Crippen LogP contribution < -0.4 is 9.47 Å². The molecule has 2 aromatic carbocycles. The van der Waals surface area contributed by atoms with Crippen LogP contribution in [0.25, 0.3) is 0 Å². The van der Waals surface area contributed by atoms with Crippen molar-refractivity contribution in [2.75, 3.05) is 28.3 Å². The van der Waals surface area contributed by atoms with E-state index in [0.29, 0.717) is 20.4 Å². The van der Waals surface area contributed by atoms with Crippen LogP contribution in [-0.4, -0.2) is 49.5 Å². The molecule has 168 valence electrons. The minimum absolute atomic E-state index is 0.0787. The third-order valence-electron chi connectivity index (χ3n) is 3.43. The molecule has 7 nitrogen and oxygen atoms in total. The van der Waals surface area contributed by atoms with E-state index in [-0.39, 0.29) is 19.8 Å². The molecule has 0 N–H and O–H groups in total. The van der Waals surface area contributed by atoms with Gasteiger partial charge in [-0.1, -0.05) is 23.2 Å². The summed E-state index contributed by atoms with van der Waals surface area (Å²) in [5.74, 6) is 0.800. The number of rotatable bonds is 5. The van der Waals surface area contributed by atoms with E-state index in [1.165, 1.54) is 52.6 Å². The minimum Gasteiger partial charge on any atom is -0.495 e. The lowest BCUT2D eigenvalue weighted by molar-refractivity contribution is 0.414. The Hall–Kier alpha value is -0.270. The van der Waals surface area contributed by atoms with Crippen LogP contribution in [0.2, 0.25) is 10.0 Å². The molecule has 0 spiro atoms. The van der Waals surface area contributed by atoms with E-state index in [2.05, 4.69) is 31.9 Å². The molecule has 0 aliphatic carbocycles. The van der Waals surface area contributed by atoms with Gasteiger partial charge in [0.25, 0.3) is 9.05 Å². The summed E-state index contributed by atoms with van der Waals surface area (Å²) in [7, 11) is 3.69. The van der Waals surface area contributed by atoms with Crippen LogP contribution in [0.4, 0.5) is 0 Å². The fourth-order valence-electron chi connectivity index (χ4n) is 1.91. The Bertz CT molecular complexity index is 1140. The second-order valence-corrected chi connectivity index (χ2v) is 12.7. The van der Waals surface area contributed by atoms with Crippen LogP contribution in [0.15, 0.2) is 43.0 Å². The molecule has 0 fully saturated rings. The molecule has 0 heterocycles. The molecule has 0 aromatic heterocycles. The lowest BCUT2D eigenvalue weighted by Gasteiger charge is -2.14. The molecule has 0 bridgehead atoms. The third-order valence-corrected chi connectivity index (χ3v) is 9.08. The predicted molar refractivity (Wildman–Crippen MR) is 125 cm³/mol. The summed E-state index contributed by atoms with van der Waals surface area (Å²) in [6, 6.07) is 5.56. The normalized spacial score (nSPS) is 11.7. The molecule has 30 heavy (non-hydrogen) atoms. The average Bonchev–Trinajstić information content (AvgIpc) is 2.64. The summed E-state index contributed by atoms with van der Waals surface area (Å²) in [6.07, 6.45) is 0. The number of halogens is 5. The van der Waals surface area contributed by atoms with Crippen molar-refractivity contribution in [2.24, 2.45) is 0 Å². The summed E-state index contributed by atoms with van der Waals surface area (Å²) in [5, 5.41) is 0.445. The second kappa shape index (κ2) is 11.0. The van der Waals surface area contributed by atoms with Gasteiger partial charge in [-0.3, -0.25) is 0 Å². The Balaban J connectivity index is 0.000000303. The average molecular weight is 649 g/mol. The SMILES string of the molecule is COc1cc(Br)c(S(=O)(=O)Cl)cc1Cl.COc1cc(Br)c(S(=O)(=O)N(C)C)cc1Cl. The molecule has 0 unspecified atom stereocenters. The van der Waals surface area contributed by atoms with Crippen LogP contribution in [0.3, 0.4) is 0 Å². The van der Waals surface area contributed by atoms with Crippen LogP contribution >= 0.6 is 65.7 Å². The van der Waals surface area contributed by atoms with Crippen molar-refractivity contribution in [2.45, 2.75) is 9.79 Å². The highest BCUT2D eigenvalue weighted by molar-refractivity contribution is 9.10. The first kappa shape index (κ1) is 27.8. The standard InChI is InChI=1S/C9H11BrClNO3S.C7H5BrCl2O3S/c1-12(2)16(13,14)9-5-7(11)8(15-3)4-6(9)10;1-13-6-2-4(8)7(3-5(6)9)14(10,11)12/h4-5H,1-3H3;2-3H,1H3. The van der Waals surface area contributed by atoms with Crippen molar-refractivity contribution in [1.82, 2.24) is 4.31 Å². The highest BCUT2D eigenvalue weighted by Crippen LogP contribution is 2.35. The van der Waals surface area contributed by atoms with Crippen LogP contribution in [0.5, 0.6) is 11.5 Å². The number of sulfonamides is 1. The number of benzene rings is 2. The predicted octanol–water partition coefficient (Wildman–Crippen LogP) is 5.40. The summed E-state index contributed by atoms with van der Waals surface area (Å²) in [5.41, 5.74) is 0. The Labute approximate surface area is 206 Å². The number of ether oxygens (including phenoxy) is 2. The fraction of sp³-hybridized carbons (Fsp3) is 0.250. The smallest absolute Gasteiger partial charge is 0.262 e. The highest BCUT2D eigenvalue weighted by Gasteiger charge is 2.22. The van der Waals surface area contributed by atoms with Gasteiger partial charge in [0.2, 0.25) is 10.0 Å². The minimum atomic E-state index is -3.80. The first-order valence-corrected chi connectivity index (χ1v) is 13.7. The molecule has 0 radical (unpaired) electrons.